The summed E-state index contributed by atoms with van der Waals surface area (Å²) < 4.78 is 44.8. The second kappa shape index (κ2) is 6.25. The Labute approximate surface area is 130 Å². The lowest BCUT2D eigenvalue weighted by atomic mass is 9.94. The zero-order chi connectivity index (χ0) is 17.3. The van der Waals surface area contributed by atoms with E-state index in [1.54, 1.807) is 5.32 Å². The summed E-state index contributed by atoms with van der Waals surface area (Å²) in [5.74, 6) is -1.52. The maximum Gasteiger partial charge on any atom is 0.440 e. The van der Waals surface area contributed by atoms with Crippen molar-refractivity contribution in [3.63, 3.8) is 0 Å². The van der Waals surface area contributed by atoms with Crippen LogP contribution in [0.15, 0.2) is 0 Å². The smallest absolute Gasteiger partial charge is 0.440 e. The van der Waals surface area contributed by atoms with Crippen molar-refractivity contribution >= 4 is 18.0 Å². The maximum atomic E-state index is 13.4. The van der Waals surface area contributed by atoms with E-state index in [1.807, 2.05) is 0 Å². The van der Waals surface area contributed by atoms with Crippen molar-refractivity contribution < 1.29 is 32.3 Å². The molecular formula is C13H18F3N3O4. The van der Waals surface area contributed by atoms with Gasteiger partial charge < -0.3 is 4.74 Å². The number of halogens is 3. The number of amides is 4. The zero-order valence-electron chi connectivity index (χ0n) is 12.5. The van der Waals surface area contributed by atoms with E-state index in [9.17, 15) is 27.6 Å². The van der Waals surface area contributed by atoms with Crippen LogP contribution >= 0.6 is 0 Å². The molecule has 2 N–H and O–H groups in total. The summed E-state index contributed by atoms with van der Waals surface area (Å²) in [7, 11) is 0. The largest absolute Gasteiger partial charge is 0.450 e. The third-order valence-electron chi connectivity index (χ3n) is 3.98. The molecule has 130 valence electrons. The first-order valence-corrected chi connectivity index (χ1v) is 7.40. The molecule has 0 aromatic rings. The van der Waals surface area contributed by atoms with Crippen LogP contribution in [0.5, 0.6) is 0 Å². The molecule has 1 saturated carbocycles. The molecule has 1 aliphatic heterocycles. The van der Waals surface area contributed by atoms with Crippen LogP contribution in [0.2, 0.25) is 0 Å². The van der Waals surface area contributed by atoms with Gasteiger partial charge in [0.05, 0.1) is 6.61 Å². The lowest BCUT2D eigenvalue weighted by Gasteiger charge is -2.32. The second-order valence-electron chi connectivity index (χ2n) is 5.49. The average molecular weight is 337 g/mol. The molecule has 0 unspecified atom stereocenters. The molecule has 0 aromatic heterocycles. The first kappa shape index (κ1) is 17.4. The van der Waals surface area contributed by atoms with Crippen LogP contribution in [-0.4, -0.2) is 47.4 Å². The van der Waals surface area contributed by atoms with Crippen LogP contribution < -0.4 is 10.6 Å². The average Bonchev–Trinajstić information content (AvgIpc) is 2.71. The van der Waals surface area contributed by atoms with Gasteiger partial charge >= 0.3 is 18.3 Å². The van der Waals surface area contributed by atoms with E-state index in [-0.39, 0.29) is 6.61 Å². The van der Waals surface area contributed by atoms with Crippen LogP contribution in [0.3, 0.4) is 0 Å². The summed E-state index contributed by atoms with van der Waals surface area (Å²) in [6.07, 6.45) is -3.36. The summed E-state index contributed by atoms with van der Waals surface area (Å²) in [5, 5.41) is 3.07. The SMILES string of the molecule is CCOC(=O)N[C@@]1(C(F)(F)F)NC(=O)N(C2CCCCC2)C1=O. The Morgan fingerprint density at radius 1 is 1.35 bits per heavy atom. The molecule has 2 fully saturated rings. The Hall–Kier alpha value is -2.00. The fourth-order valence-corrected chi connectivity index (χ4v) is 2.89. The van der Waals surface area contributed by atoms with Crippen molar-refractivity contribution in [3.05, 3.63) is 0 Å². The minimum atomic E-state index is -5.20. The van der Waals surface area contributed by atoms with E-state index in [1.165, 1.54) is 12.2 Å². The van der Waals surface area contributed by atoms with Crippen LogP contribution in [0.4, 0.5) is 22.8 Å². The monoisotopic (exact) mass is 337 g/mol. The molecule has 1 heterocycles. The molecule has 0 aromatic carbocycles. The minimum Gasteiger partial charge on any atom is -0.450 e. The van der Waals surface area contributed by atoms with Gasteiger partial charge in [-0.1, -0.05) is 19.3 Å². The molecule has 0 radical (unpaired) electrons. The number of nitrogens with zero attached hydrogens (tertiary/aromatic N) is 1. The summed E-state index contributed by atoms with van der Waals surface area (Å²) in [5.41, 5.74) is -3.48. The highest BCUT2D eigenvalue weighted by atomic mass is 19.4. The Kier molecular flexibility index (Phi) is 4.71. The minimum absolute atomic E-state index is 0.172. The van der Waals surface area contributed by atoms with Crippen LogP contribution in [0, 0.1) is 0 Å². The van der Waals surface area contributed by atoms with Gasteiger partial charge in [-0.15, -0.1) is 0 Å². The summed E-state index contributed by atoms with van der Waals surface area (Å²) in [4.78, 5) is 36.4. The maximum absolute atomic E-state index is 13.4. The van der Waals surface area contributed by atoms with Crippen LogP contribution in [-0.2, 0) is 9.53 Å². The number of hydrogen-bond donors (Lipinski definition) is 2. The van der Waals surface area contributed by atoms with Crippen molar-refractivity contribution in [2.75, 3.05) is 6.61 Å². The van der Waals surface area contributed by atoms with Crippen molar-refractivity contribution in [1.82, 2.24) is 15.5 Å². The number of ether oxygens (including phenoxy) is 1. The summed E-state index contributed by atoms with van der Waals surface area (Å²) >= 11 is 0. The van der Waals surface area contributed by atoms with Gasteiger partial charge in [-0.25, -0.2) is 9.59 Å². The van der Waals surface area contributed by atoms with Crippen molar-refractivity contribution in [2.45, 2.75) is 56.9 Å². The number of hydrogen-bond acceptors (Lipinski definition) is 4. The van der Waals surface area contributed by atoms with Crippen LogP contribution in [0.1, 0.15) is 39.0 Å². The van der Waals surface area contributed by atoms with Gasteiger partial charge in [0, 0.05) is 6.04 Å². The van der Waals surface area contributed by atoms with Crippen molar-refractivity contribution in [3.8, 4) is 0 Å². The highest BCUT2D eigenvalue weighted by molar-refractivity contribution is 6.08. The van der Waals surface area contributed by atoms with E-state index in [0.717, 1.165) is 19.3 Å². The molecule has 1 saturated heterocycles. The Bertz CT molecular complexity index is 505. The van der Waals surface area contributed by atoms with Gasteiger partial charge in [0.25, 0.3) is 11.6 Å². The first-order valence-electron chi connectivity index (χ1n) is 7.40. The molecule has 7 nitrogen and oxygen atoms in total. The van der Waals surface area contributed by atoms with Gasteiger partial charge in [0.2, 0.25) is 0 Å². The molecule has 1 aliphatic carbocycles. The van der Waals surface area contributed by atoms with E-state index in [2.05, 4.69) is 4.74 Å². The molecule has 2 rings (SSSR count). The fourth-order valence-electron chi connectivity index (χ4n) is 2.89. The molecule has 23 heavy (non-hydrogen) atoms. The number of rotatable bonds is 3. The van der Waals surface area contributed by atoms with Gasteiger partial charge in [0.15, 0.2) is 0 Å². The second-order valence-corrected chi connectivity index (χ2v) is 5.49. The van der Waals surface area contributed by atoms with Crippen molar-refractivity contribution in [1.29, 1.82) is 0 Å². The zero-order valence-corrected chi connectivity index (χ0v) is 12.5. The number of nitrogens with one attached hydrogen (secondary N) is 2. The number of carbonyl (C=O) groups is 3. The number of imide groups is 1. The molecule has 0 spiro atoms. The third kappa shape index (κ3) is 3.06. The van der Waals surface area contributed by atoms with E-state index < -0.39 is 35.9 Å². The molecule has 1 atom stereocenters. The molecular weight excluding hydrogens is 319 g/mol. The number of alkyl halides is 3. The Morgan fingerprint density at radius 2 is 1.96 bits per heavy atom. The van der Waals surface area contributed by atoms with Crippen molar-refractivity contribution in [2.24, 2.45) is 0 Å². The molecule has 10 heteroatoms. The first-order chi connectivity index (χ1) is 10.7. The highest BCUT2D eigenvalue weighted by Gasteiger charge is 2.69. The fraction of sp³-hybridized carbons (Fsp3) is 0.769. The van der Waals surface area contributed by atoms with Gasteiger partial charge in [-0.2, -0.15) is 13.2 Å². The summed E-state index contributed by atoms with van der Waals surface area (Å²) in [6.45, 7) is 1.23. The predicted molar refractivity (Wildman–Crippen MR) is 71.2 cm³/mol. The number of urea groups is 1. The normalized spacial score (nSPS) is 26.2. The van der Waals surface area contributed by atoms with E-state index in [0.29, 0.717) is 17.7 Å². The lowest BCUT2D eigenvalue weighted by molar-refractivity contribution is -0.201. The lowest BCUT2D eigenvalue weighted by Crippen LogP contribution is -2.69. The van der Waals surface area contributed by atoms with Gasteiger partial charge in [0.1, 0.15) is 0 Å². The van der Waals surface area contributed by atoms with E-state index >= 15 is 0 Å². The highest BCUT2D eigenvalue weighted by Crippen LogP contribution is 2.36. The van der Waals surface area contributed by atoms with E-state index in [4.69, 9.17) is 0 Å². The predicted octanol–water partition coefficient (Wildman–Crippen LogP) is 1.88. The standard InChI is InChI=1S/C13H18F3N3O4/c1-2-23-11(22)18-12(13(14,15)16)9(20)19(10(21)17-12)8-6-4-3-5-7-8/h8H,2-7H2,1H3,(H,17,21)(H,18,22)/t12-/m0/s1. The summed E-state index contributed by atoms with van der Waals surface area (Å²) in [6, 6.07) is -1.75. The number of carbonyl (C=O) groups excluding carboxylic acids is 3. The molecule has 0 bridgehead atoms. The number of alkyl carbamates (subject to hydrolysis) is 1. The quantitative estimate of drug-likeness (QED) is 0.770. The van der Waals surface area contributed by atoms with Gasteiger partial charge in [-0.05, 0) is 19.8 Å². The topological polar surface area (TPSA) is 87.7 Å². The third-order valence-corrected chi connectivity index (χ3v) is 3.98. The van der Waals surface area contributed by atoms with Crippen LogP contribution in [0.25, 0.3) is 0 Å². The molecule has 4 amide bonds. The molecule has 2 aliphatic rings. The Morgan fingerprint density at radius 3 is 2.48 bits per heavy atom. The van der Waals surface area contributed by atoms with Gasteiger partial charge in [-0.3, -0.25) is 20.3 Å². The Balaban J connectivity index is 2.30.